The molecule has 2 rings (SSSR count). The molecule has 4 nitrogen and oxygen atoms in total. The van der Waals surface area contributed by atoms with Crippen LogP contribution in [0.4, 0.5) is 9.52 Å². The minimum absolute atomic E-state index is 0.0583. The van der Waals surface area contributed by atoms with Crippen molar-refractivity contribution in [3.63, 3.8) is 0 Å². The van der Waals surface area contributed by atoms with Crippen LogP contribution >= 0.6 is 11.5 Å². The van der Waals surface area contributed by atoms with Gasteiger partial charge < -0.3 is 10.4 Å². The number of aliphatic hydroxyl groups is 1. The van der Waals surface area contributed by atoms with Gasteiger partial charge in [0.2, 0.25) is 5.13 Å². The largest absolute Gasteiger partial charge is 0.387 e. The van der Waals surface area contributed by atoms with Crippen molar-refractivity contribution in [1.82, 2.24) is 9.36 Å². The van der Waals surface area contributed by atoms with Gasteiger partial charge in [-0.15, -0.1) is 0 Å². The zero-order chi connectivity index (χ0) is 11.8. The fourth-order valence-electron chi connectivity index (χ4n) is 1.24. The van der Waals surface area contributed by atoms with Crippen LogP contribution in [-0.4, -0.2) is 32.8 Å². The fraction of sp³-hybridized carbons (Fsp3) is 0.800. The van der Waals surface area contributed by atoms with Gasteiger partial charge in [-0.05, 0) is 26.7 Å². The third-order valence-corrected chi connectivity index (χ3v) is 3.27. The molecule has 1 fully saturated rings. The number of aromatic nitrogens is 2. The number of anilines is 1. The molecule has 16 heavy (non-hydrogen) atoms. The quantitative estimate of drug-likeness (QED) is 0.832. The molecule has 1 aliphatic carbocycles. The summed E-state index contributed by atoms with van der Waals surface area (Å²) in [5.41, 5.74) is -1.32. The number of nitrogens with zero attached hydrogens (tertiary/aromatic N) is 2. The van der Waals surface area contributed by atoms with Gasteiger partial charge in [0, 0.05) is 17.5 Å². The van der Waals surface area contributed by atoms with Gasteiger partial charge in [-0.2, -0.15) is 4.37 Å². The van der Waals surface area contributed by atoms with Crippen molar-refractivity contribution in [1.29, 1.82) is 0 Å². The average Bonchev–Trinajstić information content (AvgIpc) is 2.94. The summed E-state index contributed by atoms with van der Waals surface area (Å²) in [5, 5.41) is 12.9. The van der Waals surface area contributed by atoms with Crippen molar-refractivity contribution in [2.75, 3.05) is 11.9 Å². The molecule has 0 radical (unpaired) electrons. The van der Waals surface area contributed by atoms with Crippen LogP contribution in [0, 0.1) is 0 Å². The molecular weight excluding hydrogens is 229 g/mol. The van der Waals surface area contributed by atoms with E-state index in [1.54, 1.807) is 0 Å². The van der Waals surface area contributed by atoms with E-state index in [-0.39, 0.29) is 6.54 Å². The highest BCUT2D eigenvalue weighted by molar-refractivity contribution is 7.09. The molecule has 6 heteroatoms. The van der Waals surface area contributed by atoms with Crippen molar-refractivity contribution in [3.8, 4) is 0 Å². The van der Waals surface area contributed by atoms with E-state index in [0.717, 1.165) is 18.7 Å². The summed E-state index contributed by atoms with van der Waals surface area (Å²) < 4.78 is 17.6. The Morgan fingerprint density at radius 3 is 2.88 bits per heavy atom. The van der Waals surface area contributed by atoms with Gasteiger partial charge in [-0.25, -0.2) is 9.37 Å². The van der Waals surface area contributed by atoms with Crippen molar-refractivity contribution in [2.24, 2.45) is 0 Å². The maximum Gasteiger partial charge on any atom is 0.202 e. The van der Waals surface area contributed by atoms with Gasteiger partial charge in [0.25, 0.3) is 0 Å². The topological polar surface area (TPSA) is 58.0 Å². The first-order valence-electron chi connectivity index (χ1n) is 5.40. The number of nitrogens with one attached hydrogen (secondary N) is 1. The molecule has 1 aromatic rings. The number of halogens is 1. The summed E-state index contributed by atoms with van der Waals surface area (Å²) >= 11 is 1.25. The van der Waals surface area contributed by atoms with Crippen LogP contribution in [0.5, 0.6) is 0 Å². The normalized spacial score (nSPS) is 18.5. The fourth-order valence-corrected chi connectivity index (χ4v) is 1.89. The maximum atomic E-state index is 13.4. The summed E-state index contributed by atoms with van der Waals surface area (Å²) in [4.78, 5) is 4.27. The van der Waals surface area contributed by atoms with Crippen LogP contribution in [0.2, 0.25) is 0 Å². The molecule has 1 saturated carbocycles. The average molecular weight is 245 g/mol. The van der Waals surface area contributed by atoms with Crippen molar-refractivity contribution in [3.05, 3.63) is 5.82 Å². The Hall–Kier alpha value is -0.750. The molecule has 0 amide bonds. The second kappa shape index (κ2) is 4.25. The molecule has 2 N–H and O–H groups in total. The first-order valence-corrected chi connectivity index (χ1v) is 6.18. The molecule has 1 atom stereocenters. The predicted molar refractivity (Wildman–Crippen MR) is 61.6 cm³/mol. The Morgan fingerprint density at radius 1 is 1.62 bits per heavy atom. The molecular formula is C10H16FN3OS. The Labute approximate surface area is 98.1 Å². The van der Waals surface area contributed by atoms with Crippen LogP contribution in [0.25, 0.3) is 0 Å². The van der Waals surface area contributed by atoms with Gasteiger partial charge in [0.05, 0.1) is 12.1 Å². The minimum Gasteiger partial charge on any atom is -0.387 e. The maximum absolute atomic E-state index is 13.4. The van der Waals surface area contributed by atoms with E-state index in [0.29, 0.717) is 11.0 Å². The van der Waals surface area contributed by atoms with Crippen molar-refractivity contribution >= 4 is 16.7 Å². The van der Waals surface area contributed by atoms with Gasteiger partial charge in [0.1, 0.15) is 12.0 Å². The van der Waals surface area contributed by atoms with Gasteiger partial charge >= 0.3 is 0 Å². The zero-order valence-corrected chi connectivity index (χ0v) is 10.2. The molecule has 0 unspecified atom stereocenters. The molecule has 90 valence electrons. The Kier molecular flexibility index (Phi) is 3.12. The molecule has 1 heterocycles. The van der Waals surface area contributed by atoms with Gasteiger partial charge in [-0.1, -0.05) is 0 Å². The van der Waals surface area contributed by atoms with E-state index >= 15 is 0 Å². The molecule has 1 aromatic heterocycles. The van der Waals surface area contributed by atoms with E-state index < -0.39 is 11.8 Å². The minimum atomic E-state index is -1.32. The third kappa shape index (κ3) is 2.89. The molecule has 0 aliphatic heterocycles. The summed E-state index contributed by atoms with van der Waals surface area (Å²) in [7, 11) is 0. The molecule has 0 spiro atoms. The second-order valence-corrected chi connectivity index (χ2v) is 5.49. The Bertz CT molecular complexity index is 359. The van der Waals surface area contributed by atoms with Crippen molar-refractivity contribution in [2.45, 2.75) is 44.4 Å². The van der Waals surface area contributed by atoms with E-state index in [1.165, 1.54) is 25.4 Å². The Morgan fingerprint density at radius 2 is 2.31 bits per heavy atom. The summed E-state index contributed by atoms with van der Waals surface area (Å²) in [5.74, 6) is 1.38. The summed E-state index contributed by atoms with van der Waals surface area (Å²) in [6.07, 6.45) is 0.998. The molecule has 0 saturated heterocycles. The number of hydrogen-bond acceptors (Lipinski definition) is 5. The third-order valence-electron chi connectivity index (χ3n) is 2.58. The smallest absolute Gasteiger partial charge is 0.202 e. The lowest BCUT2D eigenvalue weighted by molar-refractivity contribution is 0.00323. The number of hydrogen-bond donors (Lipinski definition) is 2. The van der Waals surface area contributed by atoms with Crippen LogP contribution in [-0.2, 0) is 0 Å². The van der Waals surface area contributed by atoms with Crippen molar-refractivity contribution < 1.29 is 9.50 Å². The van der Waals surface area contributed by atoms with Crippen LogP contribution in [0.3, 0.4) is 0 Å². The summed E-state index contributed by atoms with van der Waals surface area (Å²) in [6.45, 7) is 2.97. The second-order valence-electron chi connectivity index (χ2n) is 4.73. The molecule has 1 aliphatic rings. The summed E-state index contributed by atoms with van der Waals surface area (Å²) in [6, 6.07) is 0. The highest BCUT2D eigenvalue weighted by Crippen LogP contribution is 2.39. The zero-order valence-electron chi connectivity index (χ0n) is 9.40. The van der Waals surface area contributed by atoms with Crippen LogP contribution in [0.15, 0.2) is 0 Å². The SMILES string of the molecule is CC(C)(O)[C@H](F)CNc1nc(C2CC2)ns1. The van der Waals surface area contributed by atoms with Crippen LogP contribution in [0.1, 0.15) is 38.4 Å². The lowest BCUT2D eigenvalue weighted by Crippen LogP contribution is -2.37. The molecule has 0 bridgehead atoms. The molecule has 0 aromatic carbocycles. The highest BCUT2D eigenvalue weighted by atomic mass is 32.1. The lowest BCUT2D eigenvalue weighted by atomic mass is 10.0. The predicted octanol–water partition coefficient (Wildman–Crippen LogP) is 1.94. The van der Waals surface area contributed by atoms with Gasteiger partial charge in [-0.3, -0.25) is 0 Å². The van der Waals surface area contributed by atoms with E-state index in [4.69, 9.17) is 0 Å². The van der Waals surface area contributed by atoms with E-state index in [2.05, 4.69) is 14.7 Å². The van der Waals surface area contributed by atoms with Crippen LogP contribution < -0.4 is 5.32 Å². The van der Waals surface area contributed by atoms with Gasteiger partial charge in [0.15, 0.2) is 0 Å². The van der Waals surface area contributed by atoms with E-state index in [1.807, 2.05) is 0 Å². The highest BCUT2D eigenvalue weighted by Gasteiger charge is 2.29. The first-order chi connectivity index (χ1) is 7.47. The van der Waals surface area contributed by atoms with E-state index in [9.17, 15) is 9.50 Å². The number of rotatable bonds is 5. The number of alkyl halides is 1. The lowest BCUT2D eigenvalue weighted by Gasteiger charge is -2.22. The Balaban J connectivity index is 1.84. The monoisotopic (exact) mass is 245 g/mol. The first kappa shape index (κ1) is 11.7. The standard InChI is InChI=1S/C10H16FN3OS/c1-10(2,15)7(11)5-12-9-13-8(14-16-9)6-3-4-6/h6-7,15H,3-5H2,1-2H3,(H,12,13,14)/t7-/m1/s1.